The molecule has 0 radical (unpaired) electrons. The average molecular weight is 401 g/mol. The van der Waals surface area contributed by atoms with Crippen molar-refractivity contribution < 1.29 is 9.59 Å². The zero-order chi connectivity index (χ0) is 17.6. The van der Waals surface area contributed by atoms with Crippen molar-refractivity contribution in [3.8, 4) is 0 Å². The molecule has 1 N–H and O–H groups in total. The number of nitrogens with one attached hydrogen (secondary N) is 1. The molecular formula is C20H21BrN2O2. The molecule has 1 aliphatic rings. The van der Waals surface area contributed by atoms with E-state index < -0.39 is 6.17 Å². The molecule has 1 aliphatic heterocycles. The lowest BCUT2D eigenvalue weighted by Crippen LogP contribution is -2.54. The minimum atomic E-state index is -0.626. The molecule has 3 rings (SSSR count). The number of likely N-dealkylation sites (tertiary alicyclic amines) is 1. The highest BCUT2D eigenvalue weighted by Gasteiger charge is 2.29. The van der Waals surface area contributed by atoms with E-state index in [0.717, 1.165) is 30.4 Å². The largest absolute Gasteiger partial charge is 0.329 e. The van der Waals surface area contributed by atoms with E-state index in [1.165, 1.54) is 6.42 Å². The number of rotatable bonds is 5. The number of piperidine rings is 1. The number of carbonyl (C=O) groups excluding carboxylic acids is 2. The second-order valence-corrected chi connectivity index (χ2v) is 7.13. The fourth-order valence-corrected chi connectivity index (χ4v) is 3.33. The maximum absolute atomic E-state index is 13.0. The molecule has 0 saturated carbocycles. The first kappa shape index (κ1) is 17.8. The van der Waals surface area contributed by atoms with E-state index in [4.69, 9.17) is 0 Å². The van der Waals surface area contributed by atoms with E-state index in [1.54, 1.807) is 24.3 Å². The molecular weight excluding hydrogens is 380 g/mol. The molecule has 5 heteroatoms. The maximum Gasteiger partial charge on any atom is 0.252 e. The zero-order valence-electron chi connectivity index (χ0n) is 14.0. The normalized spacial score (nSPS) is 16.2. The molecule has 4 nitrogen and oxygen atoms in total. The first-order valence-electron chi connectivity index (χ1n) is 8.55. The number of hydrogen-bond acceptors (Lipinski definition) is 3. The van der Waals surface area contributed by atoms with Crippen LogP contribution in [0.25, 0.3) is 0 Å². The Kier molecular flexibility index (Phi) is 6.00. The van der Waals surface area contributed by atoms with Crippen LogP contribution in [-0.4, -0.2) is 35.8 Å². The lowest BCUT2D eigenvalue weighted by molar-refractivity contribution is 0.0652. The first-order chi connectivity index (χ1) is 12.1. The van der Waals surface area contributed by atoms with Gasteiger partial charge in [-0.3, -0.25) is 14.5 Å². The highest BCUT2D eigenvalue weighted by Crippen LogP contribution is 2.16. The van der Waals surface area contributed by atoms with Gasteiger partial charge in [0.25, 0.3) is 5.91 Å². The van der Waals surface area contributed by atoms with Gasteiger partial charge in [-0.1, -0.05) is 52.7 Å². The second-order valence-electron chi connectivity index (χ2n) is 6.21. The highest BCUT2D eigenvalue weighted by atomic mass is 79.9. The Morgan fingerprint density at radius 2 is 1.52 bits per heavy atom. The van der Waals surface area contributed by atoms with E-state index in [0.29, 0.717) is 11.1 Å². The minimum absolute atomic E-state index is 0.0621. The van der Waals surface area contributed by atoms with Crippen LogP contribution in [0.3, 0.4) is 0 Å². The predicted octanol–water partition coefficient (Wildman–Crippen LogP) is 3.87. The van der Waals surface area contributed by atoms with Gasteiger partial charge in [-0.05, 0) is 37.1 Å². The van der Waals surface area contributed by atoms with Crippen molar-refractivity contribution in [1.82, 2.24) is 10.2 Å². The number of Topliss-reactive ketones (excluding diaryl/α,β-unsaturated/α-hetero) is 1. The number of carbonyl (C=O) groups is 2. The van der Waals surface area contributed by atoms with Crippen molar-refractivity contribution in [1.29, 1.82) is 0 Å². The van der Waals surface area contributed by atoms with Crippen molar-refractivity contribution in [2.45, 2.75) is 25.4 Å². The third-order valence-corrected chi connectivity index (χ3v) is 4.97. The standard InChI is InChI=1S/C20H21BrN2O2/c21-17-11-9-16(10-12-17)20(25)22-19(23-13-5-2-6-14-23)18(24)15-7-3-1-4-8-15/h1,3-4,7-12,19H,2,5-6,13-14H2,(H,22,25)/t19-/m0/s1. The topological polar surface area (TPSA) is 49.4 Å². The monoisotopic (exact) mass is 400 g/mol. The zero-order valence-corrected chi connectivity index (χ0v) is 15.5. The fraction of sp³-hybridized carbons (Fsp3) is 0.300. The Morgan fingerprint density at radius 3 is 2.16 bits per heavy atom. The number of hydrogen-bond donors (Lipinski definition) is 1. The van der Waals surface area contributed by atoms with Gasteiger partial charge < -0.3 is 5.32 Å². The molecule has 2 aromatic carbocycles. The molecule has 1 saturated heterocycles. The summed E-state index contributed by atoms with van der Waals surface area (Å²) >= 11 is 3.37. The molecule has 0 spiro atoms. The Balaban J connectivity index is 1.81. The molecule has 1 fully saturated rings. The third-order valence-electron chi connectivity index (χ3n) is 4.44. The maximum atomic E-state index is 13.0. The molecule has 25 heavy (non-hydrogen) atoms. The van der Waals surface area contributed by atoms with E-state index in [9.17, 15) is 9.59 Å². The van der Waals surface area contributed by atoms with Crippen LogP contribution in [-0.2, 0) is 0 Å². The molecule has 0 bridgehead atoms. The summed E-state index contributed by atoms with van der Waals surface area (Å²) in [5.41, 5.74) is 1.17. The van der Waals surface area contributed by atoms with Crippen molar-refractivity contribution in [3.63, 3.8) is 0 Å². The van der Waals surface area contributed by atoms with Crippen molar-refractivity contribution in [2.24, 2.45) is 0 Å². The van der Waals surface area contributed by atoms with Gasteiger partial charge in [0.05, 0.1) is 0 Å². The van der Waals surface area contributed by atoms with Gasteiger partial charge in [0, 0.05) is 28.7 Å². The SMILES string of the molecule is O=C(N[C@H](C(=O)c1ccccc1)N1CCCCC1)c1ccc(Br)cc1. The van der Waals surface area contributed by atoms with Gasteiger partial charge in [0.15, 0.2) is 5.78 Å². The summed E-state index contributed by atoms with van der Waals surface area (Å²) in [5.74, 6) is -0.291. The summed E-state index contributed by atoms with van der Waals surface area (Å²) in [4.78, 5) is 27.7. The van der Waals surface area contributed by atoms with Crippen LogP contribution in [0.1, 0.15) is 40.0 Å². The lowest BCUT2D eigenvalue weighted by Gasteiger charge is -2.34. The Morgan fingerprint density at radius 1 is 0.880 bits per heavy atom. The minimum Gasteiger partial charge on any atom is -0.329 e. The Labute approximate surface area is 156 Å². The second kappa shape index (κ2) is 8.41. The van der Waals surface area contributed by atoms with Crippen LogP contribution in [0.5, 0.6) is 0 Å². The summed E-state index contributed by atoms with van der Waals surface area (Å²) in [6, 6.07) is 16.3. The molecule has 0 aliphatic carbocycles. The molecule has 1 atom stereocenters. The molecule has 1 amide bonds. The Bertz CT molecular complexity index is 725. The number of amides is 1. The summed E-state index contributed by atoms with van der Waals surface area (Å²) in [6.07, 6.45) is 2.64. The third kappa shape index (κ3) is 4.55. The summed E-state index contributed by atoms with van der Waals surface area (Å²) in [7, 11) is 0. The van der Waals surface area contributed by atoms with E-state index in [-0.39, 0.29) is 11.7 Å². The van der Waals surface area contributed by atoms with Crippen LogP contribution in [0.4, 0.5) is 0 Å². The van der Waals surface area contributed by atoms with Crippen LogP contribution in [0.15, 0.2) is 59.1 Å². The number of nitrogens with zero attached hydrogens (tertiary/aromatic N) is 1. The van der Waals surface area contributed by atoms with Crippen molar-refractivity contribution in [3.05, 3.63) is 70.2 Å². The molecule has 130 valence electrons. The number of benzene rings is 2. The summed E-state index contributed by atoms with van der Waals surface area (Å²) < 4.78 is 0.914. The highest BCUT2D eigenvalue weighted by molar-refractivity contribution is 9.10. The molecule has 2 aromatic rings. The number of halogens is 1. The number of ketones is 1. The molecule has 0 unspecified atom stereocenters. The van der Waals surface area contributed by atoms with Crippen LogP contribution < -0.4 is 5.32 Å². The average Bonchev–Trinajstić information content (AvgIpc) is 2.67. The summed E-state index contributed by atoms with van der Waals surface area (Å²) in [5, 5.41) is 2.94. The van der Waals surface area contributed by atoms with E-state index in [2.05, 4.69) is 26.1 Å². The summed E-state index contributed by atoms with van der Waals surface area (Å²) in [6.45, 7) is 1.65. The van der Waals surface area contributed by atoms with Gasteiger partial charge in [0.2, 0.25) is 0 Å². The van der Waals surface area contributed by atoms with E-state index >= 15 is 0 Å². The van der Waals surface area contributed by atoms with Crippen molar-refractivity contribution in [2.75, 3.05) is 13.1 Å². The lowest BCUT2D eigenvalue weighted by atomic mass is 10.0. The molecule has 0 aromatic heterocycles. The van der Waals surface area contributed by atoms with Gasteiger partial charge in [0.1, 0.15) is 6.17 Å². The molecule has 1 heterocycles. The van der Waals surface area contributed by atoms with Crippen LogP contribution >= 0.6 is 15.9 Å². The predicted molar refractivity (Wildman–Crippen MR) is 102 cm³/mol. The van der Waals surface area contributed by atoms with E-state index in [1.807, 2.05) is 30.3 Å². The quantitative estimate of drug-likeness (QED) is 0.774. The van der Waals surface area contributed by atoms with Gasteiger partial charge in [-0.2, -0.15) is 0 Å². The van der Waals surface area contributed by atoms with Gasteiger partial charge in [-0.15, -0.1) is 0 Å². The van der Waals surface area contributed by atoms with Crippen molar-refractivity contribution >= 4 is 27.6 Å². The van der Waals surface area contributed by atoms with Crippen LogP contribution in [0, 0.1) is 0 Å². The smallest absolute Gasteiger partial charge is 0.252 e. The van der Waals surface area contributed by atoms with Gasteiger partial charge in [-0.25, -0.2) is 0 Å². The van der Waals surface area contributed by atoms with Crippen LogP contribution in [0.2, 0.25) is 0 Å². The first-order valence-corrected chi connectivity index (χ1v) is 9.34. The Hall–Kier alpha value is -1.98. The van der Waals surface area contributed by atoms with Gasteiger partial charge >= 0.3 is 0 Å². The fourth-order valence-electron chi connectivity index (χ4n) is 3.07.